The summed E-state index contributed by atoms with van der Waals surface area (Å²) in [5.41, 5.74) is 0.897. The number of carbonyl (C=O) groups is 1. The molecule has 0 unspecified atom stereocenters. The lowest BCUT2D eigenvalue weighted by atomic mass is 10.1. The molecule has 26 heavy (non-hydrogen) atoms. The number of nitrogens with one attached hydrogen (secondary N) is 2. The number of carbonyl (C=O) groups excluding carboxylic acids is 1. The van der Waals surface area contributed by atoms with Crippen LogP contribution in [0.4, 0.5) is 14.5 Å². The van der Waals surface area contributed by atoms with Gasteiger partial charge in [-0.1, -0.05) is 12.1 Å². The number of sulfonamides is 1. The van der Waals surface area contributed by atoms with Gasteiger partial charge in [0.1, 0.15) is 11.6 Å². The number of aliphatic hydroxyl groups is 1. The second kappa shape index (κ2) is 7.79. The highest BCUT2D eigenvalue weighted by Gasteiger charge is 2.16. The molecule has 0 spiro atoms. The summed E-state index contributed by atoms with van der Waals surface area (Å²) in [4.78, 5) is 12.2. The van der Waals surface area contributed by atoms with Gasteiger partial charge in [-0.2, -0.15) is 0 Å². The molecule has 0 saturated heterocycles. The van der Waals surface area contributed by atoms with Crippen LogP contribution in [0, 0.1) is 18.6 Å². The first-order valence-electron chi connectivity index (χ1n) is 7.56. The second-order valence-electron chi connectivity index (χ2n) is 5.80. The zero-order chi connectivity index (χ0) is 19.5. The number of aliphatic hydroxyl groups excluding tert-OH is 1. The van der Waals surface area contributed by atoms with Gasteiger partial charge in [0, 0.05) is 23.7 Å². The van der Waals surface area contributed by atoms with Crippen LogP contribution in [0.1, 0.15) is 27.6 Å². The summed E-state index contributed by atoms with van der Waals surface area (Å²) in [7, 11) is -3.51. The van der Waals surface area contributed by atoms with Crippen LogP contribution >= 0.6 is 0 Å². The molecule has 1 atom stereocenters. The normalized spacial score (nSPS) is 12.5. The number of amides is 1. The van der Waals surface area contributed by atoms with Gasteiger partial charge >= 0.3 is 0 Å². The van der Waals surface area contributed by atoms with Gasteiger partial charge in [-0.15, -0.1) is 0 Å². The van der Waals surface area contributed by atoms with Crippen LogP contribution in [-0.4, -0.2) is 32.2 Å². The topological polar surface area (TPSA) is 95.5 Å². The molecule has 140 valence electrons. The summed E-state index contributed by atoms with van der Waals surface area (Å²) in [6, 6.07) is 7.16. The van der Waals surface area contributed by atoms with Crippen LogP contribution in [0.5, 0.6) is 0 Å². The molecule has 2 rings (SSSR count). The van der Waals surface area contributed by atoms with E-state index in [1.54, 1.807) is 13.0 Å². The van der Waals surface area contributed by atoms with Crippen molar-refractivity contribution in [1.29, 1.82) is 0 Å². The SMILES string of the molecule is Cc1ccc(C(=O)NC[C@@H](O)c2ccc(F)cc2F)cc1NS(C)(=O)=O. The molecule has 0 aliphatic rings. The maximum absolute atomic E-state index is 13.6. The van der Waals surface area contributed by atoms with Crippen molar-refractivity contribution in [3.8, 4) is 0 Å². The molecular formula is C17H18F2N2O4S. The quantitative estimate of drug-likeness (QED) is 0.711. The van der Waals surface area contributed by atoms with Gasteiger partial charge in [0.15, 0.2) is 0 Å². The standard InChI is InChI=1S/C17H18F2N2O4S/c1-10-3-4-11(7-15(10)21-26(2,24)25)17(23)20-9-16(22)13-6-5-12(18)8-14(13)19/h3-8,16,21-22H,9H2,1-2H3,(H,20,23)/t16-/m1/s1. The van der Waals surface area contributed by atoms with E-state index in [2.05, 4.69) is 10.0 Å². The van der Waals surface area contributed by atoms with Crippen molar-refractivity contribution in [3.63, 3.8) is 0 Å². The van der Waals surface area contributed by atoms with Gasteiger partial charge in [-0.05, 0) is 30.7 Å². The molecule has 2 aromatic carbocycles. The first-order chi connectivity index (χ1) is 12.1. The Hall–Kier alpha value is -2.52. The van der Waals surface area contributed by atoms with Crippen molar-refractivity contribution in [2.75, 3.05) is 17.5 Å². The molecular weight excluding hydrogens is 366 g/mol. The smallest absolute Gasteiger partial charge is 0.251 e. The molecule has 6 nitrogen and oxygen atoms in total. The fourth-order valence-electron chi connectivity index (χ4n) is 2.25. The van der Waals surface area contributed by atoms with Gasteiger partial charge in [0.05, 0.1) is 18.0 Å². The molecule has 9 heteroatoms. The molecule has 0 heterocycles. The van der Waals surface area contributed by atoms with Crippen LogP contribution in [-0.2, 0) is 10.0 Å². The third-order valence-corrected chi connectivity index (χ3v) is 4.16. The highest BCUT2D eigenvalue weighted by Crippen LogP contribution is 2.19. The molecule has 0 saturated carbocycles. The summed E-state index contributed by atoms with van der Waals surface area (Å²) >= 11 is 0. The van der Waals surface area contributed by atoms with Gasteiger partial charge < -0.3 is 10.4 Å². The molecule has 3 N–H and O–H groups in total. The number of aryl methyl sites for hydroxylation is 1. The Morgan fingerprint density at radius 3 is 2.50 bits per heavy atom. The molecule has 0 bridgehead atoms. The Kier molecular flexibility index (Phi) is 5.94. The fraction of sp³-hybridized carbons (Fsp3) is 0.235. The molecule has 0 radical (unpaired) electrons. The monoisotopic (exact) mass is 384 g/mol. The molecule has 0 aliphatic carbocycles. The first kappa shape index (κ1) is 19.8. The predicted molar refractivity (Wildman–Crippen MR) is 93.3 cm³/mol. The van der Waals surface area contributed by atoms with E-state index in [0.717, 1.165) is 18.4 Å². The van der Waals surface area contributed by atoms with Crippen molar-refractivity contribution in [3.05, 3.63) is 64.7 Å². The zero-order valence-electron chi connectivity index (χ0n) is 14.1. The van der Waals surface area contributed by atoms with Crippen LogP contribution in [0.3, 0.4) is 0 Å². The number of anilines is 1. The number of rotatable bonds is 6. The van der Waals surface area contributed by atoms with Gasteiger partial charge in [0.2, 0.25) is 10.0 Å². The van der Waals surface area contributed by atoms with E-state index in [4.69, 9.17) is 0 Å². The van der Waals surface area contributed by atoms with E-state index < -0.39 is 33.7 Å². The summed E-state index contributed by atoms with van der Waals surface area (Å²) in [6.07, 6.45) is -0.370. The number of hydrogen-bond donors (Lipinski definition) is 3. The third-order valence-electron chi connectivity index (χ3n) is 3.57. The van der Waals surface area contributed by atoms with E-state index in [0.29, 0.717) is 11.6 Å². The van der Waals surface area contributed by atoms with Crippen LogP contribution in [0.25, 0.3) is 0 Å². The summed E-state index contributed by atoms with van der Waals surface area (Å²) in [5, 5.41) is 12.4. The average molecular weight is 384 g/mol. The average Bonchev–Trinajstić information content (AvgIpc) is 2.53. The summed E-state index contributed by atoms with van der Waals surface area (Å²) in [5.74, 6) is -2.27. The number of hydrogen-bond acceptors (Lipinski definition) is 4. The Labute approximate surface area is 149 Å². The molecule has 2 aromatic rings. The van der Waals surface area contributed by atoms with Gasteiger partial charge in [0.25, 0.3) is 5.91 Å². The zero-order valence-corrected chi connectivity index (χ0v) is 14.9. The molecule has 0 aromatic heterocycles. The summed E-state index contributed by atoms with van der Waals surface area (Å²) in [6.45, 7) is 1.38. The highest BCUT2D eigenvalue weighted by molar-refractivity contribution is 7.92. The number of halogens is 2. The molecule has 0 aliphatic heterocycles. The lowest BCUT2D eigenvalue weighted by Crippen LogP contribution is -2.29. The number of benzene rings is 2. The summed E-state index contributed by atoms with van der Waals surface area (Å²) < 4.78 is 51.5. The third kappa shape index (κ3) is 5.24. The Bertz CT molecular complexity index is 932. The minimum Gasteiger partial charge on any atom is -0.386 e. The second-order valence-corrected chi connectivity index (χ2v) is 7.54. The predicted octanol–water partition coefficient (Wildman–Crippen LogP) is 2.11. The van der Waals surface area contributed by atoms with E-state index in [9.17, 15) is 27.1 Å². The molecule has 1 amide bonds. The Morgan fingerprint density at radius 1 is 1.19 bits per heavy atom. The lowest BCUT2D eigenvalue weighted by molar-refractivity contribution is 0.0914. The van der Waals surface area contributed by atoms with Crippen molar-refractivity contribution in [2.45, 2.75) is 13.0 Å². The van der Waals surface area contributed by atoms with Gasteiger partial charge in [-0.25, -0.2) is 17.2 Å². The molecule has 0 fully saturated rings. The maximum atomic E-state index is 13.6. The fourth-order valence-corrected chi connectivity index (χ4v) is 2.87. The lowest BCUT2D eigenvalue weighted by Gasteiger charge is -2.14. The Balaban J connectivity index is 2.09. The Morgan fingerprint density at radius 2 is 1.88 bits per heavy atom. The minimum atomic E-state index is -3.51. The maximum Gasteiger partial charge on any atom is 0.251 e. The van der Waals surface area contributed by atoms with Crippen molar-refractivity contribution < 1.29 is 27.1 Å². The largest absolute Gasteiger partial charge is 0.386 e. The van der Waals surface area contributed by atoms with Crippen LogP contribution in [0.15, 0.2) is 36.4 Å². The van der Waals surface area contributed by atoms with Crippen molar-refractivity contribution >= 4 is 21.6 Å². The van der Waals surface area contributed by atoms with Crippen molar-refractivity contribution in [2.24, 2.45) is 0 Å². The highest BCUT2D eigenvalue weighted by atomic mass is 32.2. The van der Waals surface area contributed by atoms with E-state index in [1.165, 1.54) is 12.1 Å². The minimum absolute atomic E-state index is 0.143. The van der Waals surface area contributed by atoms with Crippen LogP contribution < -0.4 is 10.0 Å². The van der Waals surface area contributed by atoms with Crippen molar-refractivity contribution in [1.82, 2.24) is 5.32 Å². The van der Waals surface area contributed by atoms with Crippen LogP contribution in [0.2, 0.25) is 0 Å². The van der Waals surface area contributed by atoms with E-state index in [1.807, 2.05) is 0 Å². The van der Waals surface area contributed by atoms with Gasteiger partial charge in [-0.3, -0.25) is 9.52 Å². The van der Waals surface area contributed by atoms with E-state index in [-0.39, 0.29) is 23.4 Å². The van der Waals surface area contributed by atoms with E-state index >= 15 is 0 Å². The first-order valence-corrected chi connectivity index (χ1v) is 9.45.